The first-order valence-corrected chi connectivity index (χ1v) is 10.4. The van der Waals surface area contributed by atoms with E-state index in [0.717, 1.165) is 22.3 Å². The fraction of sp³-hybridized carbons (Fsp3) is 0.217. The zero-order valence-electron chi connectivity index (χ0n) is 16.0. The number of hydrogen-bond donors (Lipinski definition) is 0. The maximum Gasteiger partial charge on any atom is 0.263 e. The van der Waals surface area contributed by atoms with Gasteiger partial charge in [-0.2, -0.15) is 0 Å². The summed E-state index contributed by atoms with van der Waals surface area (Å²) in [6, 6.07) is 16.9. The molecule has 0 amide bonds. The molecule has 27 heavy (non-hydrogen) atoms. The molecule has 1 aliphatic rings. The Hall–Kier alpha value is -2.59. The molecule has 0 spiro atoms. The molecule has 1 unspecified atom stereocenters. The van der Waals surface area contributed by atoms with Crippen LogP contribution in [0.5, 0.6) is 0 Å². The second-order valence-corrected chi connectivity index (χ2v) is 9.02. The molecule has 0 saturated carbocycles. The van der Waals surface area contributed by atoms with Gasteiger partial charge in [0, 0.05) is 6.20 Å². The number of hydrogen-bond acceptors (Lipinski definition) is 2. The highest BCUT2D eigenvalue weighted by Gasteiger charge is 2.40. The van der Waals surface area contributed by atoms with Crippen LogP contribution in [0.25, 0.3) is 0 Å². The Morgan fingerprint density at radius 2 is 1.70 bits per heavy atom. The number of aryl methyl sites for hydroxylation is 1. The van der Waals surface area contributed by atoms with Crippen molar-refractivity contribution >= 4 is 10.0 Å². The molecule has 0 radical (unpaired) electrons. The molecule has 2 aromatic carbocycles. The van der Waals surface area contributed by atoms with Gasteiger partial charge in [0.25, 0.3) is 10.0 Å². The molecule has 2 aromatic rings. The first kappa shape index (κ1) is 19.2. The van der Waals surface area contributed by atoms with Crippen LogP contribution in [-0.4, -0.2) is 19.3 Å². The van der Waals surface area contributed by atoms with Crippen LogP contribution in [0.2, 0.25) is 0 Å². The zero-order valence-corrected chi connectivity index (χ0v) is 16.8. The third-order valence-corrected chi connectivity index (χ3v) is 6.83. The van der Waals surface area contributed by atoms with Crippen molar-refractivity contribution < 1.29 is 8.42 Å². The molecule has 0 N–H and O–H groups in total. The fourth-order valence-corrected chi connectivity index (χ4v) is 4.93. The van der Waals surface area contributed by atoms with Crippen LogP contribution in [0.15, 0.2) is 95.6 Å². The van der Waals surface area contributed by atoms with Crippen LogP contribution in [-0.2, 0) is 15.4 Å². The molecule has 0 bridgehead atoms. The van der Waals surface area contributed by atoms with E-state index >= 15 is 0 Å². The highest BCUT2D eigenvalue weighted by atomic mass is 32.2. The van der Waals surface area contributed by atoms with Gasteiger partial charge in [-0.15, -0.1) is 6.58 Å². The lowest BCUT2D eigenvalue weighted by molar-refractivity contribution is 0.426. The van der Waals surface area contributed by atoms with E-state index in [4.69, 9.17) is 0 Å². The topological polar surface area (TPSA) is 37.4 Å². The van der Waals surface area contributed by atoms with E-state index in [1.54, 1.807) is 18.3 Å². The third kappa shape index (κ3) is 3.37. The monoisotopic (exact) mass is 379 g/mol. The van der Waals surface area contributed by atoms with Crippen molar-refractivity contribution in [2.45, 2.75) is 31.1 Å². The normalized spacial score (nSPS) is 19.8. The first-order chi connectivity index (χ1) is 12.8. The Labute approximate surface area is 162 Å². The van der Waals surface area contributed by atoms with E-state index in [1.165, 1.54) is 4.31 Å². The molecule has 1 heterocycles. The van der Waals surface area contributed by atoms with Crippen LogP contribution in [0.1, 0.15) is 25.0 Å². The Morgan fingerprint density at radius 3 is 2.26 bits per heavy atom. The summed E-state index contributed by atoms with van der Waals surface area (Å²) in [5.41, 5.74) is 3.69. The fourth-order valence-electron chi connectivity index (χ4n) is 3.59. The van der Waals surface area contributed by atoms with Gasteiger partial charge >= 0.3 is 0 Å². The van der Waals surface area contributed by atoms with Gasteiger partial charge in [0.05, 0.1) is 16.9 Å². The molecule has 3 rings (SSSR count). The van der Waals surface area contributed by atoms with Gasteiger partial charge in [-0.1, -0.05) is 59.7 Å². The van der Waals surface area contributed by atoms with Gasteiger partial charge in [0.2, 0.25) is 0 Å². The SMILES string of the molecule is C=CC1(c2ccccc2)CN(S(=O)(=O)c2ccc(C)cc2)C=CC1=C(C)C. The van der Waals surface area contributed by atoms with Crippen molar-refractivity contribution in [1.82, 2.24) is 4.31 Å². The molecule has 1 atom stereocenters. The maximum atomic E-state index is 13.2. The summed E-state index contributed by atoms with van der Waals surface area (Å²) in [4.78, 5) is 0.296. The molecule has 4 heteroatoms. The van der Waals surface area contributed by atoms with Crippen molar-refractivity contribution in [2.24, 2.45) is 0 Å². The van der Waals surface area contributed by atoms with Crippen molar-refractivity contribution in [3.63, 3.8) is 0 Å². The summed E-state index contributed by atoms with van der Waals surface area (Å²) < 4.78 is 27.9. The van der Waals surface area contributed by atoms with Crippen LogP contribution in [0, 0.1) is 6.92 Å². The highest BCUT2D eigenvalue weighted by Crippen LogP contribution is 2.41. The molecule has 1 aliphatic heterocycles. The smallest absolute Gasteiger partial charge is 0.263 e. The summed E-state index contributed by atoms with van der Waals surface area (Å²) >= 11 is 0. The molecular weight excluding hydrogens is 354 g/mol. The van der Waals surface area contributed by atoms with Gasteiger partial charge in [-0.3, -0.25) is 4.31 Å². The zero-order chi connectivity index (χ0) is 19.7. The van der Waals surface area contributed by atoms with Gasteiger partial charge < -0.3 is 0 Å². The molecule has 0 aromatic heterocycles. The van der Waals surface area contributed by atoms with Gasteiger partial charge in [-0.25, -0.2) is 8.42 Å². The second kappa shape index (κ2) is 7.20. The minimum Gasteiger partial charge on any atom is -0.272 e. The second-order valence-electron chi connectivity index (χ2n) is 7.13. The quantitative estimate of drug-likeness (QED) is 0.703. The average Bonchev–Trinajstić information content (AvgIpc) is 2.68. The Balaban J connectivity index is 2.14. The van der Waals surface area contributed by atoms with Crippen LogP contribution >= 0.6 is 0 Å². The highest BCUT2D eigenvalue weighted by molar-refractivity contribution is 7.89. The standard InChI is InChI=1S/C23H25NO2S/c1-5-23(20-9-7-6-8-10-20)17-24(16-15-22(23)18(2)3)27(25,26)21-13-11-19(4)12-14-21/h5-16H,1,17H2,2-4H3. The maximum absolute atomic E-state index is 13.2. The molecule has 0 saturated heterocycles. The van der Waals surface area contributed by atoms with Crippen LogP contribution in [0.4, 0.5) is 0 Å². The van der Waals surface area contributed by atoms with Crippen molar-refractivity contribution in [3.05, 3.63) is 102 Å². The Kier molecular flexibility index (Phi) is 5.11. The molecule has 0 fully saturated rings. The first-order valence-electron chi connectivity index (χ1n) is 8.95. The number of nitrogens with zero attached hydrogens (tertiary/aromatic N) is 1. The summed E-state index contributed by atoms with van der Waals surface area (Å²) in [6.45, 7) is 10.4. The lowest BCUT2D eigenvalue weighted by Gasteiger charge is -2.41. The lowest BCUT2D eigenvalue weighted by Crippen LogP contribution is -2.44. The van der Waals surface area contributed by atoms with E-state index < -0.39 is 15.4 Å². The summed E-state index contributed by atoms with van der Waals surface area (Å²) in [5, 5.41) is 0. The van der Waals surface area contributed by atoms with E-state index in [9.17, 15) is 8.42 Å². The average molecular weight is 380 g/mol. The molecule has 0 aliphatic carbocycles. The molecular formula is C23H25NO2S. The minimum atomic E-state index is -3.64. The number of benzene rings is 2. The van der Waals surface area contributed by atoms with E-state index in [-0.39, 0.29) is 6.54 Å². The summed E-state index contributed by atoms with van der Waals surface area (Å²) in [7, 11) is -3.64. The lowest BCUT2D eigenvalue weighted by atomic mass is 9.71. The number of sulfonamides is 1. The van der Waals surface area contributed by atoms with Gasteiger partial charge in [0.15, 0.2) is 0 Å². The Morgan fingerprint density at radius 1 is 1.07 bits per heavy atom. The number of rotatable bonds is 4. The molecule has 3 nitrogen and oxygen atoms in total. The van der Waals surface area contributed by atoms with E-state index in [2.05, 4.69) is 6.58 Å². The van der Waals surface area contributed by atoms with Crippen molar-refractivity contribution in [3.8, 4) is 0 Å². The largest absolute Gasteiger partial charge is 0.272 e. The van der Waals surface area contributed by atoms with E-state index in [0.29, 0.717) is 4.90 Å². The van der Waals surface area contributed by atoms with Crippen molar-refractivity contribution in [2.75, 3.05) is 6.54 Å². The summed E-state index contributed by atoms with van der Waals surface area (Å²) in [6.07, 6.45) is 5.44. The third-order valence-electron chi connectivity index (χ3n) is 5.10. The predicted molar refractivity (Wildman–Crippen MR) is 111 cm³/mol. The van der Waals surface area contributed by atoms with Gasteiger partial charge in [0.1, 0.15) is 0 Å². The summed E-state index contributed by atoms with van der Waals surface area (Å²) in [5.74, 6) is 0. The predicted octanol–water partition coefficient (Wildman–Crippen LogP) is 4.97. The molecule has 140 valence electrons. The number of allylic oxidation sites excluding steroid dienone is 2. The minimum absolute atomic E-state index is 0.285. The van der Waals surface area contributed by atoms with Crippen LogP contribution < -0.4 is 0 Å². The Bertz CT molecular complexity index is 998. The van der Waals surface area contributed by atoms with Crippen LogP contribution in [0.3, 0.4) is 0 Å². The van der Waals surface area contributed by atoms with Gasteiger partial charge in [-0.05, 0) is 50.1 Å². The van der Waals surface area contributed by atoms with E-state index in [1.807, 2.05) is 75.4 Å². The van der Waals surface area contributed by atoms with Crippen molar-refractivity contribution in [1.29, 1.82) is 0 Å².